The van der Waals surface area contributed by atoms with Gasteiger partial charge in [-0.2, -0.15) is 4.98 Å². The van der Waals surface area contributed by atoms with Crippen LogP contribution in [0.5, 0.6) is 0 Å². The molecule has 0 unspecified atom stereocenters. The number of nitrogens with one attached hydrogen (secondary N) is 2. The second kappa shape index (κ2) is 6.48. The Hall–Kier alpha value is -1.89. The molecule has 22 heavy (non-hydrogen) atoms. The first kappa shape index (κ1) is 15.0. The van der Waals surface area contributed by atoms with Crippen molar-refractivity contribution in [2.24, 2.45) is 17.4 Å². The van der Waals surface area contributed by atoms with Crippen LogP contribution in [0.1, 0.15) is 48.9 Å². The molecule has 1 amide bonds. The van der Waals surface area contributed by atoms with Crippen molar-refractivity contribution in [3.05, 3.63) is 11.8 Å². The summed E-state index contributed by atoms with van der Waals surface area (Å²) in [7, 11) is 0. The van der Waals surface area contributed by atoms with Crippen LogP contribution < -0.4 is 22.1 Å². The van der Waals surface area contributed by atoms with Gasteiger partial charge < -0.3 is 22.1 Å². The quantitative estimate of drug-likeness (QED) is 0.624. The lowest BCUT2D eigenvalue weighted by Crippen LogP contribution is -2.30. The van der Waals surface area contributed by atoms with E-state index < -0.39 is 5.91 Å². The standard InChI is InChI=1S/C15H24N6O/c16-7-9-1-3-10(4-2-9)19-14-12(13(17)22)8-18-15(21-14)20-11-5-6-11/h8-11H,1-7,16H2,(H2,17,22)(H2,18,19,20,21)/t9-,10+. The van der Waals surface area contributed by atoms with Gasteiger partial charge in [0.15, 0.2) is 0 Å². The van der Waals surface area contributed by atoms with Crippen LogP contribution in [0, 0.1) is 5.92 Å². The Balaban J connectivity index is 1.70. The van der Waals surface area contributed by atoms with E-state index in [0.29, 0.717) is 35.3 Å². The van der Waals surface area contributed by atoms with Crippen LogP contribution in [0.3, 0.4) is 0 Å². The summed E-state index contributed by atoms with van der Waals surface area (Å²) in [5.74, 6) is 1.22. The maximum Gasteiger partial charge on any atom is 0.254 e. The summed E-state index contributed by atoms with van der Waals surface area (Å²) < 4.78 is 0. The summed E-state index contributed by atoms with van der Waals surface area (Å²) in [4.78, 5) is 20.2. The summed E-state index contributed by atoms with van der Waals surface area (Å²) in [6, 6.07) is 0.775. The average molecular weight is 304 g/mol. The molecular weight excluding hydrogens is 280 g/mol. The fourth-order valence-corrected chi connectivity index (χ4v) is 2.89. The number of hydrogen-bond donors (Lipinski definition) is 4. The van der Waals surface area contributed by atoms with E-state index in [1.54, 1.807) is 0 Å². The summed E-state index contributed by atoms with van der Waals surface area (Å²) >= 11 is 0. The van der Waals surface area contributed by atoms with Crippen molar-refractivity contribution in [2.75, 3.05) is 17.2 Å². The van der Waals surface area contributed by atoms with Crippen molar-refractivity contribution in [3.8, 4) is 0 Å². The first-order valence-corrected chi connectivity index (χ1v) is 8.05. The van der Waals surface area contributed by atoms with E-state index in [1.165, 1.54) is 6.20 Å². The molecule has 2 fully saturated rings. The van der Waals surface area contributed by atoms with Gasteiger partial charge in [-0.1, -0.05) is 0 Å². The van der Waals surface area contributed by atoms with Gasteiger partial charge in [0.1, 0.15) is 5.82 Å². The summed E-state index contributed by atoms with van der Waals surface area (Å²) in [5.41, 5.74) is 11.5. The second-order valence-corrected chi connectivity index (χ2v) is 6.34. The highest BCUT2D eigenvalue weighted by atomic mass is 16.1. The number of aromatic nitrogens is 2. The van der Waals surface area contributed by atoms with Crippen LogP contribution in [-0.2, 0) is 0 Å². The molecule has 7 nitrogen and oxygen atoms in total. The SMILES string of the molecule is NC[C@H]1CC[C@@H](Nc2nc(NC3CC3)ncc2C(N)=O)CC1. The fraction of sp³-hybridized carbons (Fsp3) is 0.667. The lowest BCUT2D eigenvalue weighted by Gasteiger charge is -2.29. The molecule has 0 spiro atoms. The van der Waals surface area contributed by atoms with Crippen LogP contribution in [0.15, 0.2) is 6.20 Å². The molecular formula is C15H24N6O. The zero-order valence-corrected chi connectivity index (χ0v) is 12.7. The number of carbonyl (C=O) groups is 1. The van der Waals surface area contributed by atoms with Crippen LogP contribution in [-0.4, -0.2) is 34.5 Å². The van der Waals surface area contributed by atoms with E-state index in [1.807, 2.05) is 0 Å². The smallest absolute Gasteiger partial charge is 0.254 e. The molecule has 120 valence electrons. The van der Waals surface area contributed by atoms with Gasteiger partial charge in [-0.15, -0.1) is 0 Å². The monoisotopic (exact) mass is 304 g/mol. The van der Waals surface area contributed by atoms with Crippen molar-refractivity contribution < 1.29 is 4.79 Å². The second-order valence-electron chi connectivity index (χ2n) is 6.34. The van der Waals surface area contributed by atoms with Gasteiger partial charge in [0.25, 0.3) is 5.91 Å². The Morgan fingerprint density at radius 1 is 1.14 bits per heavy atom. The van der Waals surface area contributed by atoms with Crippen molar-refractivity contribution in [1.29, 1.82) is 0 Å². The maximum absolute atomic E-state index is 11.6. The molecule has 0 aromatic carbocycles. The minimum atomic E-state index is -0.504. The molecule has 0 radical (unpaired) electrons. The summed E-state index contributed by atoms with van der Waals surface area (Å²) in [6.45, 7) is 0.752. The zero-order valence-electron chi connectivity index (χ0n) is 12.7. The molecule has 2 saturated carbocycles. The molecule has 1 aromatic rings. The van der Waals surface area contributed by atoms with Gasteiger partial charge in [0, 0.05) is 18.3 Å². The highest BCUT2D eigenvalue weighted by molar-refractivity contribution is 5.97. The van der Waals surface area contributed by atoms with E-state index >= 15 is 0 Å². The first-order chi connectivity index (χ1) is 10.7. The third-order valence-corrected chi connectivity index (χ3v) is 4.49. The lowest BCUT2D eigenvalue weighted by molar-refractivity contribution is 0.100. The van der Waals surface area contributed by atoms with Gasteiger partial charge >= 0.3 is 0 Å². The number of amides is 1. The van der Waals surface area contributed by atoms with Crippen LogP contribution in [0.4, 0.5) is 11.8 Å². The van der Waals surface area contributed by atoms with Crippen LogP contribution in [0.2, 0.25) is 0 Å². The molecule has 0 bridgehead atoms. The number of carbonyl (C=O) groups excluding carboxylic acids is 1. The zero-order chi connectivity index (χ0) is 15.5. The first-order valence-electron chi connectivity index (χ1n) is 8.05. The fourth-order valence-electron chi connectivity index (χ4n) is 2.89. The number of nitrogens with zero attached hydrogens (tertiary/aromatic N) is 2. The van der Waals surface area contributed by atoms with E-state index in [-0.39, 0.29) is 0 Å². The Morgan fingerprint density at radius 2 is 1.77 bits per heavy atom. The highest BCUT2D eigenvalue weighted by Gasteiger charge is 2.24. The van der Waals surface area contributed by atoms with Crippen molar-refractivity contribution in [2.45, 2.75) is 50.6 Å². The number of anilines is 2. The normalized spacial score (nSPS) is 24.8. The molecule has 6 N–H and O–H groups in total. The van der Waals surface area contributed by atoms with Gasteiger partial charge in [0.2, 0.25) is 5.95 Å². The molecule has 7 heteroatoms. The molecule has 0 aliphatic heterocycles. The van der Waals surface area contributed by atoms with Gasteiger partial charge in [0.05, 0.1) is 5.56 Å². The molecule has 2 aliphatic carbocycles. The largest absolute Gasteiger partial charge is 0.367 e. The average Bonchev–Trinajstić information content (AvgIpc) is 3.32. The third kappa shape index (κ3) is 3.65. The van der Waals surface area contributed by atoms with Crippen molar-refractivity contribution in [3.63, 3.8) is 0 Å². The Kier molecular flexibility index (Phi) is 4.42. The Bertz CT molecular complexity index is 537. The number of rotatable bonds is 6. The lowest BCUT2D eigenvalue weighted by atomic mass is 9.86. The van der Waals surface area contributed by atoms with Crippen molar-refractivity contribution in [1.82, 2.24) is 9.97 Å². The Morgan fingerprint density at radius 3 is 2.36 bits per heavy atom. The third-order valence-electron chi connectivity index (χ3n) is 4.49. The summed E-state index contributed by atoms with van der Waals surface area (Å²) in [6.07, 6.45) is 8.09. The number of hydrogen-bond acceptors (Lipinski definition) is 6. The molecule has 0 atom stereocenters. The van der Waals surface area contributed by atoms with Gasteiger partial charge in [-0.3, -0.25) is 4.79 Å². The summed E-state index contributed by atoms with van der Waals surface area (Å²) in [5, 5.41) is 6.62. The van der Waals surface area contributed by atoms with Gasteiger partial charge in [-0.25, -0.2) is 4.98 Å². The van der Waals surface area contributed by atoms with E-state index in [2.05, 4.69) is 20.6 Å². The number of primary amides is 1. The highest BCUT2D eigenvalue weighted by Crippen LogP contribution is 2.27. The predicted molar refractivity (Wildman–Crippen MR) is 85.6 cm³/mol. The molecule has 0 saturated heterocycles. The van der Waals surface area contributed by atoms with Gasteiger partial charge in [-0.05, 0) is 51.0 Å². The minimum absolute atomic E-state index is 0.310. The van der Waals surface area contributed by atoms with Crippen molar-refractivity contribution >= 4 is 17.7 Å². The Labute approximate surface area is 130 Å². The molecule has 1 heterocycles. The number of nitrogens with two attached hydrogens (primary N) is 2. The van der Waals surface area contributed by atoms with Crippen LogP contribution in [0.25, 0.3) is 0 Å². The minimum Gasteiger partial charge on any atom is -0.367 e. The van der Waals surface area contributed by atoms with Crippen LogP contribution >= 0.6 is 0 Å². The van der Waals surface area contributed by atoms with E-state index in [0.717, 1.165) is 45.1 Å². The molecule has 2 aliphatic rings. The van der Waals surface area contributed by atoms with E-state index in [9.17, 15) is 4.79 Å². The predicted octanol–water partition coefficient (Wildman–Crippen LogP) is 1.08. The topological polar surface area (TPSA) is 119 Å². The molecule has 3 rings (SSSR count). The maximum atomic E-state index is 11.6. The molecule has 1 aromatic heterocycles. The van der Waals surface area contributed by atoms with E-state index in [4.69, 9.17) is 11.5 Å².